The van der Waals surface area contributed by atoms with Crippen LogP contribution in [0.15, 0.2) is 127 Å². The van der Waals surface area contributed by atoms with Crippen LogP contribution in [0.3, 0.4) is 0 Å². The van der Waals surface area contributed by atoms with E-state index < -0.39 is 11.9 Å². The van der Waals surface area contributed by atoms with Crippen molar-refractivity contribution in [2.45, 2.75) is 78.6 Å². The molecular weight excluding hydrogens is 757 g/mol. The highest BCUT2D eigenvalue weighted by molar-refractivity contribution is 6.04. The van der Waals surface area contributed by atoms with E-state index in [1.165, 1.54) is 47.5 Å². The van der Waals surface area contributed by atoms with Gasteiger partial charge in [0.25, 0.3) is 0 Å². The SMILES string of the molecule is CCCc1ccc(CCC(=O)Oc2ccc(C(=O)Oc3ccc4cc(OC(=O)c5ccc(OC(=O)CCc6ccc(CCC)cc6)cc5)c(C(=O)CC)cc4c3)cc2)cc1. The van der Waals surface area contributed by atoms with Crippen molar-refractivity contribution in [3.8, 4) is 23.0 Å². The zero-order valence-electron chi connectivity index (χ0n) is 34.2. The summed E-state index contributed by atoms with van der Waals surface area (Å²) in [5.74, 6) is -1.37. The van der Waals surface area contributed by atoms with E-state index in [1.54, 1.807) is 49.4 Å². The molecule has 0 unspecified atom stereocenters. The van der Waals surface area contributed by atoms with Gasteiger partial charge in [0.1, 0.15) is 23.0 Å². The van der Waals surface area contributed by atoms with Crippen LogP contribution in [-0.4, -0.2) is 29.7 Å². The predicted molar refractivity (Wildman–Crippen MR) is 230 cm³/mol. The Hall–Kier alpha value is -6.87. The molecule has 6 aromatic rings. The van der Waals surface area contributed by atoms with Crippen LogP contribution in [0.5, 0.6) is 23.0 Å². The number of carbonyl (C=O) groups is 5. The van der Waals surface area contributed by atoms with Gasteiger partial charge in [0.2, 0.25) is 0 Å². The molecule has 0 fully saturated rings. The Morgan fingerprint density at radius 1 is 0.417 bits per heavy atom. The fourth-order valence-electron chi connectivity index (χ4n) is 6.63. The molecule has 0 aliphatic carbocycles. The van der Waals surface area contributed by atoms with E-state index in [9.17, 15) is 24.0 Å². The Morgan fingerprint density at radius 3 is 1.30 bits per heavy atom. The lowest BCUT2D eigenvalue weighted by Gasteiger charge is -2.12. The van der Waals surface area contributed by atoms with Gasteiger partial charge in [-0.1, -0.05) is 88.2 Å². The molecule has 0 radical (unpaired) electrons. The largest absolute Gasteiger partial charge is 0.427 e. The number of ketones is 1. The lowest BCUT2D eigenvalue weighted by atomic mass is 10.0. The monoisotopic (exact) mass is 804 g/mol. The molecule has 0 atom stereocenters. The molecule has 0 heterocycles. The third-order valence-corrected chi connectivity index (χ3v) is 9.95. The minimum Gasteiger partial charge on any atom is -0.427 e. The number of hydrogen-bond acceptors (Lipinski definition) is 9. The van der Waals surface area contributed by atoms with Gasteiger partial charge in [-0.3, -0.25) is 14.4 Å². The van der Waals surface area contributed by atoms with Crippen LogP contribution < -0.4 is 18.9 Å². The predicted octanol–water partition coefficient (Wildman–Crippen LogP) is 10.9. The number of hydrogen-bond donors (Lipinski definition) is 0. The summed E-state index contributed by atoms with van der Waals surface area (Å²) in [7, 11) is 0. The zero-order valence-corrected chi connectivity index (χ0v) is 34.2. The van der Waals surface area contributed by atoms with Crippen LogP contribution in [0.25, 0.3) is 10.8 Å². The number of fused-ring (bicyclic) bond motifs is 1. The second-order valence-corrected chi connectivity index (χ2v) is 14.5. The Bertz CT molecular complexity index is 2450. The molecule has 0 aliphatic rings. The number of aryl methyl sites for hydroxylation is 4. The number of Topliss-reactive ketones (excluding diaryl/α,β-unsaturated/α-hetero) is 1. The molecule has 9 heteroatoms. The molecule has 0 aromatic heterocycles. The van der Waals surface area contributed by atoms with E-state index in [2.05, 4.69) is 38.1 Å². The minimum atomic E-state index is -0.691. The average molecular weight is 805 g/mol. The highest BCUT2D eigenvalue weighted by atomic mass is 16.5. The molecule has 6 aromatic carbocycles. The molecule has 6 rings (SSSR count). The van der Waals surface area contributed by atoms with E-state index in [4.69, 9.17) is 18.9 Å². The Balaban J connectivity index is 1.03. The standard InChI is InChI=1S/C51H48O9/c1-4-7-34-9-13-36(14-10-34)17-29-48(53)57-42-24-19-38(20-25-42)50(55)59-44-28-23-40-33-47(45(46(52)6-3)32-41(40)31-44)60-51(56)39-21-26-43(27-22-39)58-49(54)30-18-37-15-11-35(8-5-2)12-16-37/h9-16,19-28,31-33H,4-8,17-18,29-30H2,1-3H3. The van der Waals surface area contributed by atoms with Crippen LogP contribution in [0.4, 0.5) is 0 Å². The van der Waals surface area contributed by atoms with Crippen LogP contribution in [-0.2, 0) is 35.3 Å². The Morgan fingerprint density at radius 2 is 0.850 bits per heavy atom. The molecular formula is C51H48O9. The minimum absolute atomic E-state index is 0.0872. The van der Waals surface area contributed by atoms with Crippen molar-refractivity contribution in [3.63, 3.8) is 0 Å². The van der Waals surface area contributed by atoms with Gasteiger partial charge in [0.15, 0.2) is 5.78 Å². The van der Waals surface area contributed by atoms with Crippen LogP contribution in [0, 0.1) is 0 Å². The van der Waals surface area contributed by atoms with E-state index in [-0.39, 0.29) is 65.2 Å². The first kappa shape index (κ1) is 42.7. The highest BCUT2D eigenvalue weighted by Crippen LogP contribution is 2.31. The maximum atomic E-state index is 13.2. The summed E-state index contributed by atoms with van der Waals surface area (Å²) < 4.78 is 22.4. The highest BCUT2D eigenvalue weighted by Gasteiger charge is 2.19. The third kappa shape index (κ3) is 11.9. The van der Waals surface area contributed by atoms with Crippen molar-refractivity contribution in [2.24, 2.45) is 0 Å². The summed E-state index contributed by atoms with van der Waals surface area (Å²) in [6, 6.07) is 36.8. The quantitative estimate of drug-likeness (QED) is 0.0474. The van der Waals surface area contributed by atoms with Crippen LogP contribution in [0.1, 0.15) is 106 Å². The first-order valence-electron chi connectivity index (χ1n) is 20.4. The second kappa shape index (κ2) is 20.7. The van der Waals surface area contributed by atoms with Gasteiger partial charge in [-0.05, 0) is 132 Å². The van der Waals surface area contributed by atoms with Crippen LogP contribution in [0.2, 0.25) is 0 Å². The zero-order chi connectivity index (χ0) is 42.4. The van der Waals surface area contributed by atoms with Crippen molar-refractivity contribution in [3.05, 3.63) is 166 Å². The molecule has 60 heavy (non-hydrogen) atoms. The molecule has 0 amide bonds. The van der Waals surface area contributed by atoms with Gasteiger partial charge in [0, 0.05) is 19.3 Å². The lowest BCUT2D eigenvalue weighted by Crippen LogP contribution is -2.12. The smallest absolute Gasteiger partial charge is 0.343 e. The summed E-state index contributed by atoms with van der Waals surface area (Å²) in [6.45, 7) is 5.98. The van der Waals surface area contributed by atoms with Crippen molar-refractivity contribution < 1.29 is 42.9 Å². The van der Waals surface area contributed by atoms with Crippen molar-refractivity contribution in [1.29, 1.82) is 0 Å². The van der Waals surface area contributed by atoms with E-state index in [0.717, 1.165) is 36.8 Å². The molecule has 0 saturated carbocycles. The summed E-state index contributed by atoms with van der Waals surface area (Å²) in [4.78, 5) is 64.3. The van der Waals surface area contributed by atoms with Gasteiger partial charge < -0.3 is 18.9 Å². The second-order valence-electron chi connectivity index (χ2n) is 14.5. The first-order valence-corrected chi connectivity index (χ1v) is 20.4. The molecule has 9 nitrogen and oxygen atoms in total. The van der Waals surface area contributed by atoms with Gasteiger partial charge in [0.05, 0.1) is 16.7 Å². The summed E-state index contributed by atoms with van der Waals surface area (Å²) >= 11 is 0. The normalized spacial score (nSPS) is 10.8. The summed E-state index contributed by atoms with van der Waals surface area (Å²) in [6.07, 6.45) is 5.91. The maximum absolute atomic E-state index is 13.2. The summed E-state index contributed by atoms with van der Waals surface area (Å²) in [5.41, 5.74) is 5.31. The number of benzene rings is 6. The van der Waals surface area contributed by atoms with Gasteiger partial charge in [-0.25, -0.2) is 9.59 Å². The molecule has 306 valence electrons. The molecule has 0 bridgehead atoms. The average Bonchev–Trinajstić information content (AvgIpc) is 3.26. The Kier molecular flexibility index (Phi) is 14.7. The summed E-state index contributed by atoms with van der Waals surface area (Å²) in [5, 5.41) is 1.24. The van der Waals surface area contributed by atoms with Crippen molar-refractivity contribution in [1.82, 2.24) is 0 Å². The number of ether oxygens (including phenoxy) is 4. The van der Waals surface area contributed by atoms with Gasteiger partial charge in [-0.2, -0.15) is 0 Å². The molecule has 0 spiro atoms. The van der Waals surface area contributed by atoms with Crippen molar-refractivity contribution >= 4 is 40.4 Å². The fourth-order valence-corrected chi connectivity index (χ4v) is 6.63. The number of esters is 4. The van der Waals surface area contributed by atoms with E-state index in [1.807, 2.05) is 24.3 Å². The van der Waals surface area contributed by atoms with Gasteiger partial charge >= 0.3 is 23.9 Å². The maximum Gasteiger partial charge on any atom is 0.343 e. The molecule has 0 saturated heterocycles. The Labute approximate surface area is 350 Å². The number of carbonyl (C=O) groups excluding carboxylic acids is 5. The van der Waals surface area contributed by atoms with E-state index >= 15 is 0 Å². The molecule has 0 N–H and O–H groups in total. The third-order valence-electron chi connectivity index (χ3n) is 9.95. The van der Waals surface area contributed by atoms with Crippen LogP contribution >= 0.6 is 0 Å². The number of rotatable bonds is 18. The topological polar surface area (TPSA) is 122 Å². The molecule has 0 aliphatic heterocycles. The van der Waals surface area contributed by atoms with Gasteiger partial charge in [-0.15, -0.1) is 0 Å². The lowest BCUT2D eigenvalue weighted by molar-refractivity contribution is -0.135. The first-order chi connectivity index (χ1) is 29.1. The fraction of sp³-hybridized carbons (Fsp3) is 0.235. The van der Waals surface area contributed by atoms with Crippen molar-refractivity contribution in [2.75, 3.05) is 0 Å². The van der Waals surface area contributed by atoms with E-state index in [0.29, 0.717) is 35.1 Å².